The van der Waals surface area contributed by atoms with Crippen LogP contribution in [0.25, 0.3) is 15.9 Å². The van der Waals surface area contributed by atoms with Crippen molar-refractivity contribution in [1.82, 2.24) is 9.55 Å². The Kier molecular flexibility index (Phi) is 5.42. The molecule has 0 N–H and O–H groups in total. The highest BCUT2D eigenvalue weighted by atomic mass is 32.2. The van der Waals surface area contributed by atoms with Gasteiger partial charge < -0.3 is 4.74 Å². The number of ether oxygens (including phenoxy) is 1. The Balaban J connectivity index is 1.97. The number of methoxy groups -OCH3 is 1. The Labute approximate surface area is 172 Å². The van der Waals surface area contributed by atoms with Crippen molar-refractivity contribution in [2.75, 3.05) is 12.9 Å². The molecular formula is C21H21N3O2S2. The monoisotopic (exact) mass is 411 g/mol. The third-order valence-corrected chi connectivity index (χ3v) is 7.16. The first-order chi connectivity index (χ1) is 13.6. The first kappa shape index (κ1) is 19.0. The molecule has 0 saturated carbocycles. The lowest BCUT2D eigenvalue weighted by molar-refractivity contribution is 0.411. The molecule has 0 aliphatic heterocycles. The topological polar surface area (TPSA) is 67.9 Å². The molecule has 0 fully saturated rings. The Bertz CT molecular complexity index is 1130. The predicted octanol–water partition coefficient (Wildman–Crippen LogP) is 4.59. The van der Waals surface area contributed by atoms with Gasteiger partial charge >= 0.3 is 0 Å². The molecule has 1 aliphatic carbocycles. The molecule has 0 spiro atoms. The Morgan fingerprint density at radius 2 is 2.25 bits per heavy atom. The van der Waals surface area contributed by atoms with Gasteiger partial charge in [-0.1, -0.05) is 30.8 Å². The van der Waals surface area contributed by atoms with Gasteiger partial charge in [-0.15, -0.1) is 11.3 Å². The number of fused-ring (bicyclic) bond motifs is 3. The maximum Gasteiger partial charge on any atom is 0.267 e. The predicted molar refractivity (Wildman–Crippen MR) is 114 cm³/mol. The van der Waals surface area contributed by atoms with Gasteiger partial charge in [-0.05, 0) is 42.9 Å². The Hall–Kier alpha value is -2.30. The second kappa shape index (κ2) is 7.98. The molecule has 0 amide bonds. The summed E-state index contributed by atoms with van der Waals surface area (Å²) in [6.07, 6.45) is 3.45. The van der Waals surface area contributed by atoms with E-state index in [2.05, 4.69) is 13.0 Å². The molecule has 1 atom stereocenters. The zero-order valence-electron chi connectivity index (χ0n) is 15.9. The average molecular weight is 412 g/mol. The lowest BCUT2D eigenvalue weighted by atomic mass is 9.89. The highest BCUT2D eigenvalue weighted by Gasteiger charge is 2.25. The van der Waals surface area contributed by atoms with Gasteiger partial charge in [0, 0.05) is 17.1 Å². The minimum atomic E-state index is -0.0407. The van der Waals surface area contributed by atoms with E-state index >= 15 is 0 Å². The zero-order chi connectivity index (χ0) is 19.7. The molecule has 7 heteroatoms. The summed E-state index contributed by atoms with van der Waals surface area (Å²) < 4.78 is 7.17. The molecule has 5 nitrogen and oxygen atoms in total. The number of nitrogens with zero attached hydrogens (tertiary/aromatic N) is 3. The number of hydrogen-bond donors (Lipinski definition) is 0. The van der Waals surface area contributed by atoms with Crippen molar-refractivity contribution >= 4 is 33.3 Å². The minimum Gasteiger partial charge on any atom is -0.495 e. The fraction of sp³-hybridized carbons (Fsp3) is 0.381. The number of rotatable bonds is 5. The van der Waals surface area contributed by atoms with Gasteiger partial charge in [0.15, 0.2) is 5.16 Å². The van der Waals surface area contributed by atoms with E-state index in [1.807, 2.05) is 24.3 Å². The van der Waals surface area contributed by atoms with Crippen LogP contribution in [0.5, 0.6) is 5.75 Å². The van der Waals surface area contributed by atoms with Crippen LogP contribution in [0.15, 0.2) is 34.2 Å². The number of benzene rings is 1. The van der Waals surface area contributed by atoms with Crippen LogP contribution in [0, 0.1) is 17.2 Å². The number of thiophene rings is 1. The summed E-state index contributed by atoms with van der Waals surface area (Å²) in [5.74, 6) is 1.86. The van der Waals surface area contributed by atoms with Gasteiger partial charge in [0.2, 0.25) is 0 Å². The van der Waals surface area contributed by atoms with Crippen LogP contribution in [-0.2, 0) is 12.8 Å². The second-order valence-corrected chi connectivity index (χ2v) is 9.14. The van der Waals surface area contributed by atoms with Gasteiger partial charge in [-0.2, -0.15) is 5.26 Å². The van der Waals surface area contributed by atoms with Crippen molar-refractivity contribution in [1.29, 1.82) is 5.26 Å². The lowest BCUT2D eigenvalue weighted by Gasteiger charge is -2.18. The van der Waals surface area contributed by atoms with Gasteiger partial charge in [0.25, 0.3) is 5.56 Å². The van der Waals surface area contributed by atoms with Crippen LogP contribution in [0.4, 0.5) is 0 Å². The largest absolute Gasteiger partial charge is 0.495 e. The lowest BCUT2D eigenvalue weighted by Crippen LogP contribution is -2.23. The molecule has 0 unspecified atom stereocenters. The summed E-state index contributed by atoms with van der Waals surface area (Å²) in [6, 6.07) is 9.66. The summed E-state index contributed by atoms with van der Waals surface area (Å²) in [4.78, 5) is 20.6. The van der Waals surface area contributed by atoms with E-state index in [4.69, 9.17) is 15.0 Å². The highest BCUT2D eigenvalue weighted by molar-refractivity contribution is 7.99. The van der Waals surface area contributed by atoms with Crippen LogP contribution < -0.4 is 10.3 Å². The summed E-state index contributed by atoms with van der Waals surface area (Å²) >= 11 is 3.09. The summed E-state index contributed by atoms with van der Waals surface area (Å²) in [7, 11) is 1.60. The maximum atomic E-state index is 13.7. The van der Waals surface area contributed by atoms with E-state index in [0.717, 1.165) is 29.5 Å². The number of thioether (sulfide) groups is 1. The van der Waals surface area contributed by atoms with E-state index in [0.29, 0.717) is 34.7 Å². The summed E-state index contributed by atoms with van der Waals surface area (Å²) in [5.41, 5.74) is 1.82. The first-order valence-corrected chi connectivity index (χ1v) is 11.1. The average Bonchev–Trinajstić information content (AvgIpc) is 3.06. The smallest absolute Gasteiger partial charge is 0.267 e. The minimum absolute atomic E-state index is 0.0407. The number of aromatic nitrogens is 2. The third kappa shape index (κ3) is 3.31. The third-order valence-electron chi connectivity index (χ3n) is 5.07. The molecule has 0 radical (unpaired) electrons. The van der Waals surface area contributed by atoms with E-state index in [9.17, 15) is 4.79 Å². The summed E-state index contributed by atoms with van der Waals surface area (Å²) in [5, 5.41) is 10.3. The Morgan fingerprint density at radius 1 is 1.43 bits per heavy atom. The standard InChI is InChI=1S/C21H21N3O2S2/c1-13-8-9-14-17(12-13)28-19-18(14)20(25)24(21(23-19)27-11-5-10-22)15-6-3-4-7-16(15)26-2/h3-4,6-7,13H,5,8-9,11-12H2,1-2H3/t13-/m0/s1. The summed E-state index contributed by atoms with van der Waals surface area (Å²) in [6.45, 7) is 2.26. The van der Waals surface area contributed by atoms with Crippen molar-refractivity contribution in [3.8, 4) is 17.5 Å². The highest BCUT2D eigenvalue weighted by Crippen LogP contribution is 2.37. The van der Waals surface area contributed by atoms with E-state index in [1.54, 1.807) is 23.0 Å². The zero-order valence-corrected chi connectivity index (χ0v) is 17.5. The second-order valence-electron chi connectivity index (χ2n) is 7.00. The molecule has 1 aliphatic rings. The SMILES string of the molecule is COc1ccccc1-n1c(SCCC#N)nc2sc3c(c2c1=O)CC[C@H](C)C3. The quantitative estimate of drug-likeness (QED) is 0.349. The fourth-order valence-electron chi connectivity index (χ4n) is 3.68. The Morgan fingerprint density at radius 3 is 3.04 bits per heavy atom. The molecule has 4 rings (SSSR count). The van der Waals surface area contributed by atoms with Gasteiger partial charge in [0.1, 0.15) is 10.6 Å². The van der Waals surface area contributed by atoms with Crippen molar-refractivity contribution < 1.29 is 4.74 Å². The van der Waals surface area contributed by atoms with E-state index in [1.165, 1.54) is 22.2 Å². The molecular weight excluding hydrogens is 390 g/mol. The molecule has 28 heavy (non-hydrogen) atoms. The number of hydrogen-bond acceptors (Lipinski definition) is 6. The molecule has 2 aromatic heterocycles. The normalized spacial score (nSPS) is 16.0. The van der Waals surface area contributed by atoms with Crippen molar-refractivity contribution in [3.05, 3.63) is 45.1 Å². The maximum absolute atomic E-state index is 13.7. The number of nitriles is 1. The molecule has 0 bridgehead atoms. The van der Waals surface area contributed by atoms with Gasteiger partial charge in [-0.3, -0.25) is 9.36 Å². The molecule has 3 aromatic rings. The van der Waals surface area contributed by atoms with Crippen molar-refractivity contribution in [2.24, 2.45) is 5.92 Å². The number of aryl methyl sites for hydroxylation is 1. The molecule has 144 valence electrons. The molecule has 2 heterocycles. The van der Waals surface area contributed by atoms with Gasteiger partial charge in [0.05, 0.1) is 24.3 Å². The fourth-order valence-corrected chi connectivity index (χ4v) is 5.96. The molecule has 1 aromatic carbocycles. The van der Waals surface area contributed by atoms with Crippen LogP contribution in [-0.4, -0.2) is 22.4 Å². The van der Waals surface area contributed by atoms with E-state index in [-0.39, 0.29) is 5.56 Å². The molecule has 0 saturated heterocycles. The van der Waals surface area contributed by atoms with Crippen LogP contribution in [0.2, 0.25) is 0 Å². The number of para-hydroxylation sites is 2. The van der Waals surface area contributed by atoms with E-state index < -0.39 is 0 Å². The van der Waals surface area contributed by atoms with Crippen molar-refractivity contribution in [3.63, 3.8) is 0 Å². The van der Waals surface area contributed by atoms with Gasteiger partial charge in [-0.25, -0.2) is 4.98 Å². The van der Waals surface area contributed by atoms with Crippen LogP contribution in [0.3, 0.4) is 0 Å². The van der Waals surface area contributed by atoms with Crippen molar-refractivity contribution in [2.45, 2.75) is 37.8 Å². The first-order valence-electron chi connectivity index (χ1n) is 9.34. The van der Waals surface area contributed by atoms with Crippen LogP contribution >= 0.6 is 23.1 Å². The van der Waals surface area contributed by atoms with Crippen LogP contribution in [0.1, 0.15) is 30.2 Å².